The van der Waals surface area contributed by atoms with Crippen molar-refractivity contribution in [2.45, 2.75) is 6.92 Å². The highest BCUT2D eigenvalue weighted by Crippen LogP contribution is 1.69. The Kier molecular flexibility index (Phi) is 14.6. The fourth-order valence-electron chi connectivity index (χ4n) is 0.393. The van der Waals surface area contributed by atoms with Gasteiger partial charge in [0.1, 0.15) is 0 Å². The molecule has 0 saturated heterocycles. The van der Waals surface area contributed by atoms with Crippen LogP contribution in [0.15, 0.2) is 13.2 Å². The Morgan fingerprint density at radius 3 is 2.30 bits per heavy atom. The van der Waals surface area contributed by atoms with Crippen LogP contribution in [-0.4, -0.2) is 29.3 Å². The smallest absolute Gasteiger partial charge is 0.0357 e. The molecule has 1 unspecified atom stereocenters. The fourth-order valence-corrected chi connectivity index (χ4v) is 0.824. The Bertz CT molecular complexity index is 85.7. The van der Waals surface area contributed by atoms with E-state index in [9.17, 15) is 4.21 Å². The summed E-state index contributed by atoms with van der Waals surface area (Å²) in [6.07, 6.45) is 1.72. The molecule has 0 aliphatic carbocycles. The molecule has 0 aromatic rings. The van der Waals surface area contributed by atoms with E-state index in [1.807, 2.05) is 6.92 Å². The van der Waals surface area contributed by atoms with Gasteiger partial charge >= 0.3 is 0 Å². The lowest BCUT2D eigenvalue weighted by atomic mass is 10.7. The normalized spacial score (nSPS) is 11.4. The third kappa shape index (κ3) is 15.7. The molecule has 0 rings (SSSR count). The van der Waals surface area contributed by atoms with Gasteiger partial charge in [0.15, 0.2) is 0 Å². The standard InChI is InChI=1S/C5H13NOS.C2H4/c1-3-6-4-5-8(2)7;1-2/h6H,3-5H2,1-2H3;1-2H2. The average molecular weight is 163 g/mol. The van der Waals surface area contributed by atoms with Crippen molar-refractivity contribution in [1.82, 2.24) is 5.32 Å². The molecule has 0 aromatic heterocycles. The van der Waals surface area contributed by atoms with Crippen LogP contribution in [0.25, 0.3) is 0 Å². The maximum atomic E-state index is 10.4. The minimum absolute atomic E-state index is 0.630. The van der Waals surface area contributed by atoms with Crippen molar-refractivity contribution in [2.75, 3.05) is 25.1 Å². The number of hydrogen-bond donors (Lipinski definition) is 1. The second-order valence-electron chi connectivity index (χ2n) is 1.63. The number of hydrogen-bond acceptors (Lipinski definition) is 2. The van der Waals surface area contributed by atoms with E-state index in [0.717, 1.165) is 18.8 Å². The molecule has 0 aliphatic heterocycles. The van der Waals surface area contributed by atoms with Crippen LogP contribution in [0.2, 0.25) is 0 Å². The van der Waals surface area contributed by atoms with Gasteiger partial charge in [-0.25, -0.2) is 0 Å². The minimum Gasteiger partial charge on any atom is -0.316 e. The van der Waals surface area contributed by atoms with Gasteiger partial charge in [0.25, 0.3) is 0 Å². The first-order valence-electron chi connectivity index (χ1n) is 3.28. The predicted octanol–water partition coefficient (Wildman–Crippen LogP) is 0.777. The van der Waals surface area contributed by atoms with Crippen molar-refractivity contribution in [1.29, 1.82) is 0 Å². The molecule has 0 bridgehead atoms. The molecular formula is C7H17NOS. The molecule has 0 heterocycles. The van der Waals surface area contributed by atoms with Gasteiger partial charge in [-0.15, -0.1) is 13.2 Å². The maximum absolute atomic E-state index is 10.4. The number of rotatable bonds is 4. The molecule has 0 aliphatic rings. The van der Waals surface area contributed by atoms with Gasteiger partial charge in [-0.2, -0.15) is 0 Å². The maximum Gasteiger partial charge on any atom is 0.0357 e. The van der Waals surface area contributed by atoms with Crippen molar-refractivity contribution < 1.29 is 4.21 Å². The first kappa shape index (κ1) is 12.5. The van der Waals surface area contributed by atoms with Crippen LogP contribution < -0.4 is 5.32 Å². The molecule has 0 saturated carbocycles. The van der Waals surface area contributed by atoms with Crippen LogP contribution in [0, 0.1) is 0 Å². The van der Waals surface area contributed by atoms with E-state index in [1.54, 1.807) is 6.26 Å². The van der Waals surface area contributed by atoms with Crippen molar-refractivity contribution in [3.63, 3.8) is 0 Å². The first-order valence-corrected chi connectivity index (χ1v) is 5.00. The Hall–Kier alpha value is -0.150. The average Bonchev–Trinajstić information content (AvgIpc) is 1.92. The van der Waals surface area contributed by atoms with E-state index >= 15 is 0 Å². The Morgan fingerprint density at radius 1 is 1.50 bits per heavy atom. The summed E-state index contributed by atoms with van der Waals surface area (Å²) >= 11 is 0. The lowest BCUT2D eigenvalue weighted by molar-refractivity contribution is 0.680. The van der Waals surface area contributed by atoms with Crippen LogP contribution >= 0.6 is 0 Å². The molecule has 62 valence electrons. The second-order valence-corrected chi connectivity index (χ2v) is 3.19. The topological polar surface area (TPSA) is 29.1 Å². The lowest BCUT2D eigenvalue weighted by Gasteiger charge is -1.95. The molecule has 1 atom stereocenters. The van der Waals surface area contributed by atoms with E-state index in [0.29, 0.717) is 0 Å². The Balaban J connectivity index is 0. The molecule has 3 heteroatoms. The molecule has 0 spiro atoms. The summed E-state index contributed by atoms with van der Waals surface area (Å²) in [5.74, 6) is 0.772. The number of nitrogens with one attached hydrogen (secondary N) is 1. The van der Waals surface area contributed by atoms with Crippen molar-refractivity contribution >= 4 is 10.8 Å². The molecule has 0 amide bonds. The minimum atomic E-state index is -0.630. The van der Waals surface area contributed by atoms with Crippen molar-refractivity contribution in [3.05, 3.63) is 13.2 Å². The second kappa shape index (κ2) is 11.6. The summed E-state index contributed by atoms with van der Waals surface area (Å²) < 4.78 is 10.4. The highest BCUT2D eigenvalue weighted by atomic mass is 32.2. The van der Waals surface area contributed by atoms with Crippen LogP contribution in [0.1, 0.15) is 6.92 Å². The van der Waals surface area contributed by atoms with E-state index in [1.165, 1.54) is 0 Å². The first-order chi connectivity index (χ1) is 4.77. The van der Waals surface area contributed by atoms with Gasteiger partial charge < -0.3 is 5.32 Å². The van der Waals surface area contributed by atoms with Gasteiger partial charge in [0.2, 0.25) is 0 Å². The molecule has 10 heavy (non-hydrogen) atoms. The van der Waals surface area contributed by atoms with E-state index in [4.69, 9.17) is 0 Å². The molecular weight excluding hydrogens is 146 g/mol. The van der Waals surface area contributed by atoms with Crippen molar-refractivity contribution in [3.8, 4) is 0 Å². The van der Waals surface area contributed by atoms with E-state index in [2.05, 4.69) is 18.5 Å². The Labute approximate surface area is 66.2 Å². The van der Waals surface area contributed by atoms with E-state index < -0.39 is 10.8 Å². The molecule has 2 nitrogen and oxygen atoms in total. The van der Waals surface area contributed by atoms with Crippen LogP contribution in [0.4, 0.5) is 0 Å². The quantitative estimate of drug-likeness (QED) is 0.490. The summed E-state index contributed by atoms with van der Waals surface area (Å²) in [5, 5.41) is 3.09. The van der Waals surface area contributed by atoms with E-state index in [-0.39, 0.29) is 0 Å². The van der Waals surface area contributed by atoms with Gasteiger partial charge in [0.05, 0.1) is 0 Å². The van der Waals surface area contributed by atoms with Gasteiger partial charge in [-0.3, -0.25) is 4.21 Å². The van der Waals surface area contributed by atoms with Crippen LogP contribution in [-0.2, 0) is 10.8 Å². The Morgan fingerprint density at radius 2 is 2.00 bits per heavy atom. The summed E-state index contributed by atoms with van der Waals surface area (Å²) in [4.78, 5) is 0. The highest BCUT2D eigenvalue weighted by molar-refractivity contribution is 7.84. The predicted molar refractivity (Wildman–Crippen MR) is 48.7 cm³/mol. The zero-order chi connectivity index (χ0) is 8.41. The van der Waals surface area contributed by atoms with Gasteiger partial charge in [0, 0.05) is 29.4 Å². The molecule has 0 aromatic carbocycles. The zero-order valence-corrected chi connectivity index (χ0v) is 7.67. The third-order valence-corrected chi connectivity index (χ3v) is 1.60. The third-order valence-electron chi connectivity index (χ3n) is 0.816. The van der Waals surface area contributed by atoms with Crippen LogP contribution in [0.3, 0.4) is 0 Å². The van der Waals surface area contributed by atoms with Crippen LogP contribution in [0.5, 0.6) is 0 Å². The highest BCUT2D eigenvalue weighted by Gasteiger charge is 1.86. The largest absolute Gasteiger partial charge is 0.316 e. The fraction of sp³-hybridized carbons (Fsp3) is 0.714. The SMILES string of the molecule is C=C.CCNCCS(C)=O. The molecule has 1 N–H and O–H groups in total. The zero-order valence-electron chi connectivity index (χ0n) is 6.85. The van der Waals surface area contributed by atoms with Gasteiger partial charge in [-0.1, -0.05) is 6.92 Å². The van der Waals surface area contributed by atoms with Gasteiger partial charge in [-0.05, 0) is 6.54 Å². The van der Waals surface area contributed by atoms with Crippen molar-refractivity contribution in [2.24, 2.45) is 0 Å². The summed E-state index contributed by atoms with van der Waals surface area (Å²) in [6.45, 7) is 9.88. The summed E-state index contributed by atoms with van der Waals surface area (Å²) in [5.41, 5.74) is 0. The lowest BCUT2D eigenvalue weighted by Crippen LogP contribution is -2.19. The molecule has 0 radical (unpaired) electrons. The molecule has 0 fully saturated rings. The summed E-state index contributed by atoms with van der Waals surface area (Å²) in [6, 6.07) is 0. The summed E-state index contributed by atoms with van der Waals surface area (Å²) in [7, 11) is -0.630. The monoisotopic (exact) mass is 163 g/mol.